The molecule has 0 fully saturated rings. The summed E-state index contributed by atoms with van der Waals surface area (Å²) in [5.41, 5.74) is -0.363. The molecule has 0 atom stereocenters. The van der Waals surface area contributed by atoms with E-state index in [-0.39, 0.29) is 11.4 Å². The SMILES string of the molecule is CN(C)S(=O)(=O)c1cccc(CNC(C)(C)C(=O)O)c1. The molecular formula is C13H20N2O4S. The highest BCUT2D eigenvalue weighted by Gasteiger charge is 2.26. The fourth-order valence-corrected chi connectivity index (χ4v) is 2.40. The standard InChI is InChI=1S/C13H20N2O4S/c1-13(2,12(16)17)14-9-10-6-5-7-11(8-10)20(18,19)15(3)4/h5-8,14H,9H2,1-4H3,(H,16,17). The molecule has 2 N–H and O–H groups in total. The molecular weight excluding hydrogens is 280 g/mol. The molecule has 0 aliphatic heterocycles. The summed E-state index contributed by atoms with van der Waals surface area (Å²) in [6.45, 7) is 3.38. The molecule has 0 spiro atoms. The highest BCUT2D eigenvalue weighted by atomic mass is 32.2. The lowest BCUT2D eigenvalue weighted by molar-refractivity contribution is -0.143. The van der Waals surface area contributed by atoms with Crippen LogP contribution in [-0.2, 0) is 21.4 Å². The van der Waals surface area contributed by atoms with E-state index in [1.807, 2.05) is 0 Å². The molecule has 0 aromatic heterocycles. The molecule has 0 saturated carbocycles. The number of hydrogen-bond acceptors (Lipinski definition) is 4. The lowest BCUT2D eigenvalue weighted by Crippen LogP contribution is -2.46. The maximum Gasteiger partial charge on any atom is 0.323 e. The van der Waals surface area contributed by atoms with Gasteiger partial charge in [-0.05, 0) is 31.5 Å². The third kappa shape index (κ3) is 3.78. The van der Waals surface area contributed by atoms with Gasteiger partial charge in [-0.3, -0.25) is 10.1 Å². The number of nitrogens with zero attached hydrogens (tertiary/aromatic N) is 1. The van der Waals surface area contributed by atoms with E-state index in [1.54, 1.807) is 32.0 Å². The van der Waals surface area contributed by atoms with Crippen molar-refractivity contribution in [3.05, 3.63) is 29.8 Å². The molecule has 0 bridgehead atoms. The first-order chi connectivity index (χ1) is 9.07. The summed E-state index contributed by atoms with van der Waals surface area (Å²) in [6.07, 6.45) is 0. The first kappa shape index (κ1) is 16.6. The van der Waals surface area contributed by atoms with Gasteiger partial charge < -0.3 is 5.11 Å². The van der Waals surface area contributed by atoms with Gasteiger partial charge >= 0.3 is 5.97 Å². The largest absolute Gasteiger partial charge is 0.480 e. The minimum atomic E-state index is -3.48. The van der Waals surface area contributed by atoms with Gasteiger partial charge in [-0.1, -0.05) is 12.1 Å². The van der Waals surface area contributed by atoms with Crippen molar-refractivity contribution in [3.8, 4) is 0 Å². The van der Waals surface area contributed by atoms with E-state index in [2.05, 4.69) is 5.32 Å². The molecule has 1 rings (SSSR count). The topological polar surface area (TPSA) is 86.7 Å². The number of carboxylic acid groups (broad SMARTS) is 1. The van der Waals surface area contributed by atoms with Gasteiger partial charge in [0.2, 0.25) is 10.0 Å². The molecule has 7 heteroatoms. The van der Waals surface area contributed by atoms with Crippen molar-refractivity contribution in [2.75, 3.05) is 14.1 Å². The van der Waals surface area contributed by atoms with E-state index in [4.69, 9.17) is 5.11 Å². The van der Waals surface area contributed by atoms with E-state index >= 15 is 0 Å². The Morgan fingerprint density at radius 3 is 2.45 bits per heavy atom. The van der Waals surface area contributed by atoms with E-state index in [0.29, 0.717) is 5.56 Å². The van der Waals surface area contributed by atoms with Crippen LogP contribution in [0.15, 0.2) is 29.2 Å². The molecule has 0 amide bonds. The summed E-state index contributed by atoms with van der Waals surface area (Å²) in [5, 5.41) is 11.9. The van der Waals surface area contributed by atoms with Crippen LogP contribution < -0.4 is 5.32 Å². The third-order valence-electron chi connectivity index (χ3n) is 2.95. The van der Waals surface area contributed by atoms with Crippen LogP contribution in [0.25, 0.3) is 0 Å². The number of sulfonamides is 1. The minimum absolute atomic E-state index is 0.190. The molecule has 0 radical (unpaired) electrons. The summed E-state index contributed by atoms with van der Waals surface area (Å²) < 4.78 is 25.1. The van der Waals surface area contributed by atoms with Gasteiger partial charge in [0, 0.05) is 20.6 Å². The van der Waals surface area contributed by atoms with Crippen LogP contribution in [0.3, 0.4) is 0 Å². The number of carbonyl (C=O) groups is 1. The first-order valence-electron chi connectivity index (χ1n) is 6.07. The Balaban J connectivity index is 2.93. The van der Waals surface area contributed by atoms with Crippen LogP contribution in [0.4, 0.5) is 0 Å². The zero-order chi connectivity index (χ0) is 15.6. The number of rotatable bonds is 6. The normalized spacial score (nSPS) is 12.7. The lowest BCUT2D eigenvalue weighted by Gasteiger charge is -2.21. The molecule has 1 aromatic rings. The maximum atomic E-state index is 12.0. The predicted molar refractivity (Wildman–Crippen MR) is 75.9 cm³/mol. The van der Waals surface area contributed by atoms with Crippen LogP contribution in [0.2, 0.25) is 0 Å². The molecule has 1 aromatic carbocycles. The van der Waals surface area contributed by atoms with Gasteiger partial charge in [0.1, 0.15) is 5.54 Å². The Morgan fingerprint density at radius 2 is 1.95 bits per heavy atom. The molecule has 0 saturated heterocycles. The molecule has 0 aliphatic carbocycles. The summed E-state index contributed by atoms with van der Waals surface area (Å²) in [5.74, 6) is -0.963. The summed E-state index contributed by atoms with van der Waals surface area (Å²) >= 11 is 0. The molecule has 112 valence electrons. The Bertz CT molecular complexity index is 594. The lowest BCUT2D eigenvalue weighted by atomic mass is 10.1. The fraction of sp³-hybridized carbons (Fsp3) is 0.462. The quantitative estimate of drug-likeness (QED) is 0.815. The summed E-state index contributed by atoms with van der Waals surface area (Å²) in [7, 11) is -0.548. The van der Waals surface area contributed by atoms with Crippen molar-refractivity contribution < 1.29 is 18.3 Å². The van der Waals surface area contributed by atoms with Gasteiger partial charge in [0.15, 0.2) is 0 Å². The smallest absolute Gasteiger partial charge is 0.323 e. The van der Waals surface area contributed by atoms with Crippen molar-refractivity contribution in [2.45, 2.75) is 30.8 Å². The van der Waals surface area contributed by atoms with Crippen LogP contribution in [0.1, 0.15) is 19.4 Å². The van der Waals surface area contributed by atoms with Crippen molar-refractivity contribution in [1.82, 2.24) is 9.62 Å². The van der Waals surface area contributed by atoms with Crippen LogP contribution in [0, 0.1) is 0 Å². The van der Waals surface area contributed by atoms with E-state index in [0.717, 1.165) is 4.31 Å². The zero-order valence-corrected chi connectivity index (χ0v) is 12.9. The Labute approximate surface area is 119 Å². The van der Waals surface area contributed by atoms with Gasteiger partial charge in [-0.2, -0.15) is 0 Å². The molecule has 6 nitrogen and oxygen atoms in total. The Morgan fingerprint density at radius 1 is 1.35 bits per heavy atom. The summed E-state index contributed by atoms with van der Waals surface area (Å²) in [4.78, 5) is 11.2. The fourth-order valence-electron chi connectivity index (χ4n) is 1.43. The molecule has 20 heavy (non-hydrogen) atoms. The monoisotopic (exact) mass is 300 g/mol. The second kappa shape index (κ2) is 5.90. The van der Waals surface area contributed by atoms with Gasteiger partial charge in [-0.25, -0.2) is 12.7 Å². The number of carboxylic acids is 1. The minimum Gasteiger partial charge on any atom is -0.480 e. The molecule has 0 aliphatic rings. The highest BCUT2D eigenvalue weighted by Crippen LogP contribution is 2.15. The number of hydrogen-bond donors (Lipinski definition) is 2. The number of benzene rings is 1. The van der Waals surface area contributed by atoms with Crippen molar-refractivity contribution in [3.63, 3.8) is 0 Å². The van der Waals surface area contributed by atoms with Crippen molar-refractivity contribution >= 4 is 16.0 Å². The zero-order valence-electron chi connectivity index (χ0n) is 12.0. The maximum absolute atomic E-state index is 12.0. The highest BCUT2D eigenvalue weighted by molar-refractivity contribution is 7.89. The predicted octanol–water partition coefficient (Wildman–Crippen LogP) is 0.890. The molecule has 0 heterocycles. The second-order valence-corrected chi connectivity index (χ2v) is 7.37. The van der Waals surface area contributed by atoms with Crippen LogP contribution >= 0.6 is 0 Å². The Kier molecular flexibility index (Phi) is 4.90. The van der Waals surface area contributed by atoms with Crippen molar-refractivity contribution in [1.29, 1.82) is 0 Å². The number of nitrogens with one attached hydrogen (secondary N) is 1. The molecule has 0 unspecified atom stereocenters. The second-order valence-electron chi connectivity index (χ2n) is 5.22. The van der Waals surface area contributed by atoms with Crippen molar-refractivity contribution in [2.24, 2.45) is 0 Å². The van der Waals surface area contributed by atoms with Crippen LogP contribution in [0.5, 0.6) is 0 Å². The first-order valence-corrected chi connectivity index (χ1v) is 7.51. The van der Waals surface area contributed by atoms with E-state index in [1.165, 1.54) is 20.2 Å². The van der Waals surface area contributed by atoms with Gasteiger partial charge in [0.25, 0.3) is 0 Å². The van der Waals surface area contributed by atoms with Gasteiger partial charge in [0.05, 0.1) is 4.90 Å². The summed E-state index contributed by atoms with van der Waals surface area (Å²) in [6, 6.07) is 6.45. The van der Waals surface area contributed by atoms with E-state index in [9.17, 15) is 13.2 Å². The van der Waals surface area contributed by atoms with Crippen LogP contribution in [-0.4, -0.2) is 43.4 Å². The average Bonchev–Trinajstić information content (AvgIpc) is 2.36. The average molecular weight is 300 g/mol. The third-order valence-corrected chi connectivity index (χ3v) is 4.76. The number of aliphatic carboxylic acids is 1. The van der Waals surface area contributed by atoms with Gasteiger partial charge in [-0.15, -0.1) is 0 Å². The Hall–Kier alpha value is -1.44. The van der Waals surface area contributed by atoms with E-state index < -0.39 is 21.5 Å².